The fourth-order valence-corrected chi connectivity index (χ4v) is 2.46. The van der Waals surface area contributed by atoms with Gasteiger partial charge in [0.15, 0.2) is 11.2 Å². The zero-order valence-corrected chi connectivity index (χ0v) is 11.7. The van der Waals surface area contributed by atoms with Crippen molar-refractivity contribution >= 4 is 27.7 Å². The quantitative estimate of drug-likeness (QED) is 0.621. The lowest BCUT2D eigenvalue weighted by Gasteiger charge is -2.32. The molecule has 1 atom stereocenters. The average Bonchev–Trinajstić information content (AvgIpc) is 2.35. The predicted molar refractivity (Wildman–Crippen MR) is 68.6 cm³/mol. The van der Waals surface area contributed by atoms with Gasteiger partial charge in [0.2, 0.25) is 0 Å². The average molecular weight is 313 g/mol. The first kappa shape index (κ1) is 13.1. The van der Waals surface area contributed by atoms with E-state index in [0.29, 0.717) is 11.3 Å². The van der Waals surface area contributed by atoms with E-state index in [9.17, 15) is 9.59 Å². The SMILES string of the molecule is CCOC(=O)C1(C)C(=O)COc2c(Br)cccc21. The first-order valence-corrected chi connectivity index (χ1v) is 6.43. The third-order valence-electron chi connectivity index (χ3n) is 3.09. The van der Waals surface area contributed by atoms with Gasteiger partial charge < -0.3 is 9.47 Å². The van der Waals surface area contributed by atoms with E-state index >= 15 is 0 Å². The van der Waals surface area contributed by atoms with Gasteiger partial charge in [-0.1, -0.05) is 12.1 Å². The molecule has 0 saturated carbocycles. The summed E-state index contributed by atoms with van der Waals surface area (Å²) in [5.41, 5.74) is -0.737. The smallest absolute Gasteiger partial charge is 0.324 e. The zero-order valence-electron chi connectivity index (χ0n) is 10.2. The number of benzene rings is 1. The molecule has 1 aliphatic heterocycles. The zero-order chi connectivity index (χ0) is 13.3. The number of fused-ring (bicyclic) bond motifs is 1. The Morgan fingerprint density at radius 2 is 2.28 bits per heavy atom. The summed E-state index contributed by atoms with van der Waals surface area (Å²) < 4.78 is 11.1. The lowest BCUT2D eigenvalue weighted by Crippen LogP contribution is -2.47. The third-order valence-corrected chi connectivity index (χ3v) is 3.72. The van der Waals surface area contributed by atoms with Gasteiger partial charge in [0.1, 0.15) is 12.4 Å². The number of rotatable bonds is 2. The van der Waals surface area contributed by atoms with Crippen molar-refractivity contribution in [3.05, 3.63) is 28.2 Å². The first-order chi connectivity index (χ1) is 8.51. The summed E-state index contributed by atoms with van der Waals surface area (Å²) in [7, 11) is 0. The van der Waals surface area contributed by atoms with Crippen LogP contribution in [0.1, 0.15) is 19.4 Å². The normalized spacial score (nSPS) is 22.1. The van der Waals surface area contributed by atoms with Gasteiger partial charge in [-0.15, -0.1) is 0 Å². The minimum Gasteiger partial charge on any atom is -0.484 e. The van der Waals surface area contributed by atoms with Crippen molar-refractivity contribution < 1.29 is 19.1 Å². The number of para-hydroxylation sites is 1. The molecule has 0 spiro atoms. The highest BCUT2D eigenvalue weighted by molar-refractivity contribution is 9.10. The van der Waals surface area contributed by atoms with Crippen molar-refractivity contribution in [3.8, 4) is 5.75 Å². The van der Waals surface area contributed by atoms with Crippen LogP contribution in [-0.2, 0) is 19.7 Å². The molecular weight excluding hydrogens is 300 g/mol. The molecule has 2 rings (SSSR count). The maximum Gasteiger partial charge on any atom is 0.324 e. The number of Topliss-reactive ketones (excluding diaryl/α,β-unsaturated/α-hetero) is 1. The van der Waals surface area contributed by atoms with Gasteiger partial charge in [0, 0.05) is 5.56 Å². The maximum atomic E-state index is 12.1. The second-order valence-electron chi connectivity index (χ2n) is 4.17. The second kappa shape index (κ2) is 4.72. The first-order valence-electron chi connectivity index (χ1n) is 5.64. The summed E-state index contributed by atoms with van der Waals surface area (Å²) in [6.07, 6.45) is 0. The van der Waals surface area contributed by atoms with Crippen LogP contribution in [0.3, 0.4) is 0 Å². The number of hydrogen-bond donors (Lipinski definition) is 0. The molecule has 1 aliphatic rings. The van der Waals surface area contributed by atoms with Crippen LogP contribution in [0.2, 0.25) is 0 Å². The van der Waals surface area contributed by atoms with Gasteiger partial charge >= 0.3 is 5.97 Å². The number of hydrogen-bond acceptors (Lipinski definition) is 4. The van der Waals surface area contributed by atoms with E-state index in [0.717, 1.165) is 4.47 Å². The Labute approximate surface area is 113 Å². The highest BCUT2D eigenvalue weighted by Gasteiger charge is 2.49. The van der Waals surface area contributed by atoms with E-state index in [1.807, 2.05) is 0 Å². The number of esters is 1. The van der Waals surface area contributed by atoms with Crippen LogP contribution in [0.5, 0.6) is 5.75 Å². The molecule has 1 heterocycles. The molecule has 0 N–H and O–H groups in total. The molecule has 0 fully saturated rings. The Balaban J connectivity index is 2.58. The Morgan fingerprint density at radius 1 is 1.56 bits per heavy atom. The van der Waals surface area contributed by atoms with E-state index in [4.69, 9.17) is 9.47 Å². The summed E-state index contributed by atoms with van der Waals surface area (Å²) in [6, 6.07) is 5.29. The van der Waals surface area contributed by atoms with Crippen molar-refractivity contribution in [1.82, 2.24) is 0 Å². The van der Waals surface area contributed by atoms with Crippen LogP contribution in [0.4, 0.5) is 0 Å². The molecule has 4 nitrogen and oxygen atoms in total. The Hall–Kier alpha value is -1.36. The molecule has 0 aromatic heterocycles. The van der Waals surface area contributed by atoms with Gasteiger partial charge in [-0.2, -0.15) is 0 Å². The number of carbonyl (C=O) groups is 2. The van der Waals surface area contributed by atoms with Gasteiger partial charge in [-0.25, -0.2) is 0 Å². The highest BCUT2D eigenvalue weighted by Crippen LogP contribution is 2.41. The van der Waals surface area contributed by atoms with E-state index < -0.39 is 11.4 Å². The Kier molecular flexibility index (Phi) is 3.43. The fraction of sp³-hybridized carbons (Fsp3) is 0.385. The molecule has 5 heteroatoms. The number of ether oxygens (including phenoxy) is 2. The molecular formula is C13H13BrO4. The monoisotopic (exact) mass is 312 g/mol. The molecule has 0 aliphatic carbocycles. The molecule has 1 aromatic carbocycles. The number of ketones is 1. The van der Waals surface area contributed by atoms with Crippen LogP contribution in [0.25, 0.3) is 0 Å². The molecule has 1 unspecified atom stereocenters. The van der Waals surface area contributed by atoms with Crippen LogP contribution >= 0.6 is 15.9 Å². The predicted octanol–water partition coefficient (Wildman–Crippen LogP) is 2.23. The fourth-order valence-electron chi connectivity index (χ4n) is 1.98. The molecule has 0 bridgehead atoms. The lowest BCUT2D eigenvalue weighted by atomic mass is 9.77. The molecule has 18 heavy (non-hydrogen) atoms. The summed E-state index contributed by atoms with van der Waals surface area (Å²) in [6.45, 7) is 3.42. The standard InChI is InChI=1S/C13H13BrO4/c1-3-17-12(16)13(2)8-5-4-6-9(14)11(8)18-7-10(13)15/h4-6H,3,7H2,1-2H3. The minimum absolute atomic E-state index is 0.120. The van der Waals surface area contributed by atoms with Crippen molar-refractivity contribution in [3.63, 3.8) is 0 Å². The Morgan fingerprint density at radius 3 is 2.94 bits per heavy atom. The highest BCUT2D eigenvalue weighted by atomic mass is 79.9. The molecule has 96 valence electrons. The summed E-state index contributed by atoms with van der Waals surface area (Å²) >= 11 is 3.35. The van der Waals surface area contributed by atoms with E-state index in [-0.39, 0.29) is 19.0 Å². The topological polar surface area (TPSA) is 52.6 Å². The van der Waals surface area contributed by atoms with Crippen LogP contribution in [0.15, 0.2) is 22.7 Å². The van der Waals surface area contributed by atoms with Crippen LogP contribution < -0.4 is 4.74 Å². The molecule has 1 aromatic rings. The summed E-state index contributed by atoms with van der Waals surface area (Å²) in [4.78, 5) is 24.2. The van der Waals surface area contributed by atoms with Gasteiger partial charge in [0.25, 0.3) is 0 Å². The van der Waals surface area contributed by atoms with E-state index in [1.54, 1.807) is 32.0 Å². The van der Waals surface area contributed by atoms with Crippen LogP contribution in [-0.4, -0.2) is 25.0 Å². The summed E-state index contributed by atoms with van der Waals surface area (Å²) in [5, 5.41) is 0. The van der Waals surface area contributed by atoms with Gasteiger partial charge in [-0.3, -0.25) is 9.59 Å². The number of carbonyl (C=O) groups excluding carboxylic acids is 2. The van der Waals surface area contributed by atoms with E-state index in [1.165, 1.54) is 0 Å². The summed E-state index contributed by atoms with van der Waals surface area (Å²) in [5.74, 6) is -0.281. The van der Waals surface area contributed by atoms with Crippen LogP contribution in [0, 0.1) is 0 Å². The maximum absolute atomic E-state index is 12.1. The third kappa shape index (κ3) is 1.82. The molecule has 0 amide bonds. The van der Waals surface area contributed by atoms with E-state index in [2.05, 4.69) is 15.9 Å². The van der Waals surface area contributed by atoms with Crippen molar-refractivity contribution in [1.29, 1.82) is 0 Å². The van der Waals surface area contributed by atoms with Crippen molar-refractivity contribution in [2.45, 2.75) is 19.3 Å². The van der Waals surface area contributed by atoms with Gasteiger partial charge in [0.05, 0.1) is 11.1 Å². The van der Waals surface area contributed by atoms with Crippen molar-refractivity contribution in [2.75, 3.05) is 13.2 Å². The minimum atomic E-state index is -1.28. The lowest BCUT2D eigenvalue weighted by molar-refractivity contribution is -0.154. The Bertz CT molecular complexity index is 512. The second-order valence-corrected chi connectivity index (χ2v) is 5.03. The molecule has 0 saturated heterocycles. The number of halogens is 1. The van der Waals surface area contributed by atoms with Gasteiger partial charge in [-0.05, 0) is 35.8 Å². The van der Waals surface area contributed by atoms with Crippen molar-refractivity contribution in [2.24, 2.45) is 0 Å². The molecule has 0 radical (unpaired) electrons. The largest absolute Gasteiger partial charge is 0.484 e.